The molecule has 3 aromatic rings. The van der Waals surface area contributed by atoms with Crippen molar-refractivity contribution in [2.75, 3.05) is 13.7 Å². The van der Waals surface area contributed by atoms with Crippen molar-refractivity contribution in [2.24, 2.45) is 5.10 Å². The van der Waals surface area contributed by atoms with Crippen LogP contribution in [0.3, 0.4) is 0 Å². The van der Waals surface area contributed by atoms with E-state index in [1.807, 2.05) is 54.6 Å². The molecule has 1 heterocycles. The third kappa shape index (κ3) is 6.89. The van der Waals surface area contributed by atoms with Gasteiger partial charge in [-0.3, -0.25) is 4.79 Å². The largest absolute Gasteiger partial charge is 0.488 e. The fourth-order valence-corrected chi connectivity index (χ4v) is 3.00. The number of amides is 1. The van der Waals surface area contributed by atoms with E-state index < -0.39 is 5.91 Å². The molecule has 0 aliphatic heterocycles. The summed E-state index contributed by atoms with van der Waals surface area (Å²) in [6.07, 6.45) is 1.50. The molecule has 3 rings (SSSR count). The number of nitrogens with zero attached hydrogens (tertiary/aromatic N) is 3. The number of carbonyl (C=O) groups is 1. The smallest absolute Gasteiger partial charge is 0.278 e. The Morgan fingerprint density at radius 3 is 2.64 bits per heavy atom. The first-order valence-corrected chi connectivity index (χ1v) is 10.2. The molecule has 0 fully saturated rings. The van der Waals surface area contributed by atoms with E-state index in [2.05, 4.69) is 21.6 Å². The van der Waals surface area contributed by atoms with Gasteiger partial charge in [0.25, 0.3) is 5.91 Å². The fourth-order valence-electron chi connectivity index (χ4n) is 3.00. The number of methoxy groups -OCH3 is 1. The summed E-state index contributed by atoms with van der Waals surface area (Å²) in [7, 11) is 1.54. The number of carbonyl (C=O) groups excluding carboxylic acids is 1. The van der Waals surface area contributed by atoms with Crippen molar-refractivity contribution in [3.8, 4) is 17.7 Å². The SMILES string of the molecule is COCc1cc(C)nc(OCC(=O)N/N=C\c2ccccc2OCc2ccccc2)c1C#N. The lowest BCUT2D eigenvalue weighted by molar-refractivity contribution is -0.123. The van der Waals surface area contributed by atoms with Gasteiger partial charge >= 0.3 is 0 Å². The highest BCUT2D eigenvalue weighted by Crippen LogP contribution is 2.21. The second-order valence-corrected chi connectivity index (χ2v) is 7.04. The van der Waals surface area contributed by atoms with Crippen LogP contribution in [0.25, 0.3) is 0 Å². The van der Waals surface area contributed by atoms with Crippen LogP contribution in [0.1, 0.15) is 27.9 Å². The van der Waals surface area contributed by atoms with Crippen molar-refractivity contribution < 1.29 is 19.0 Å². The third-order valence-corrected chi connectivity index (χ3v) is 4.50. The molecule has 0 saturated carbocycles. The fraction of sp³-hybridized carbons (Fsp3) is 0.200. The minimum Gasteiger partial charge on any atom is -0.488 e. The number of ether oxygens (including phenoxy) is 3. The Bertz CT molecular complexity index is 1160. The molecule has 168 valence electrons. The average Bonchev–Trinajstić information content (AvgIpc) is 2.83. The molecule has 0 aliphatic rings. The van der Waals surface area contributed by atoms with Gasteiger partial charge in [-0.1, -0.05) is 42.5 Å². The van der Waals surface area contributed by atoms with Gasteiger partial charge in [0.2, 0.25) is 5.88 Å². The molecule has 1 aromatic heterocycles. The van der Waals surface area contributed by atoms with Gasteiger partial charge in [-0.15, -0.1) is 0 Å². The highest BCUT2D eigenvalue weighted by Gasteiger charge is 2.14. The van der Waals surface area contributed by atoms with Crippen molar-refractivity contribution in [3.63, 3.8) is 0 Å². The molecular weight excluding hydrogens is 420 g/mol. The summed E-state index contributed by atoms with van der Waals surface area (Å²) < 4.78 is 16.5. The Balaban J connectivity index is 1.58. The van der Waals surface area contributed by atoms with E-state index in [9.17, 15) is 10.1 Å². The molecule has 1 N–H and O–H groups in total. The van der Waals surface area contributed by atoms with Gasteiger partial charge in [-0.25, -0.2) is 10.4 Å². The topological polar surface area (TPSA) is 106 Å². The first-order chi connectivity index (χ1) is 16.1. The summed E-state index contributed by atoms with van der Waals surface area (Å²) in [6.45, 7) is 2.09. The molecule has 8 nitrogen and oxygen atoms in total. The van der Waals surface area contributed by atoms with E-state index in [-0.39, 0.29) is 24.7 Å². The van der Waals surface area contributed by atoms with E-state index >= 15 is 0 Å². The number of hydrogen-bond donors (Lipinski definition) is 1. The zero-order valence-electron chi connectivity index (χ0n) is 18.4. The molecule has 1 amide bonds. The molecule has 2 aromatic carbocycles. The van der Waals surface area contributed by atoms with Gasteiger partial charge < -0.3 is 14.2 Å². The third-order valence-electron chi connectivity index (χ3n) is 4.50. The van der Waals surface area contributed by atoms with Gasteiger partial charge in [0.15, 0.2) is 6.61 Å². The maximum Gasteiger partial charge on any atom is 0.278 e. The molecule has 33 heavy (non-hydrogen) atoms. The standard InChI is InChI=1S/C25H24N4O4/c1-18-12-21(16-31-2)22(13-26)25(28-18)33-17-24(30)29-27-14-20-10-6-7-11-23(20)32-15-19-8-4-3-5-9-19/h3-12,14H,15-17H2,1-2H3,(H,29,30)/b27-14-. The van der Waals surface area contributed by atoms with Gasteiger partial charge in [-0.05, 0) is 30.7 Å². The Morgan fingerprint density at radius 2 is 1.88 bits per heavy atom. The highest BCUT2D eigenvalue weighted by molar-refractivity contribution is 5.85. The van der Waals surface area contributed by atoms with Crippen LogP contribution in [-0.2, 0) is 22.7 Å². The molecule has 0 spiro atoms. The van der Waals surface area contributed by atoms with E-state index in [1.165, 1.54) is 13.3 Å². The summed E-state index contributed by atoms with van der Waals surface area (Å²) in [5, 5.41) is 13.4. The summed E-state index contributed by atoms with van der Waals surface area (Å²) in [4.78, 5) is 16.4. The lowest BCUT2D eigenvalue weighted by Gasteiger charge is -2.11. The van der Waals surface area contributed by atoms with Crippen molar-refractivity contribution >= 4 is 12.1 Å². The van der Waals surface area contributed by atoms with Crippen molar-refractivity contribution in [1.29, 1.82) is 5.26 Å². The Hall–Kier alpha value is -4.22. The van der Waals surface area contributed by atoms with Crippen LogP contribution in [0.15, 0.2) is 65.8 Å². The second kappa shape index (κ2) is 12.0. The molecule has 0 bridgehead atoms. The number of aromatic nitrogens is 1. The molecule has 0 aliphatic carbocycles. The van der Waals surface area contributed by atoms with Crippen LogP contribution in [0.4, 0.5) is 0 Å². The maximum atomic E-state index is 12.2. The monoisotopic (exact) mass is 444 g/mol. The normalized spacial score (nSPS) is 10.6. The average molecular weight is 444 g/mol. The maximum absolute atomic E-state index is 12.2. The van der Waals surface area contributed by atoms with Gasteiger partial charge in [0.05, 0.1) is 12.8 Å². The van der Waals surface area contributed by atoms with E-state index in [0.717, 1.165) is 5.56 Å². The van der Waals surface area contributed by atoms with Gasteiger partial charge in [0, 0.05) is 23.9 Å². The predicted molar refractivity (Wildman–Crippen MR) is 123 cm³/mol. The Kier molecular flexibility index (Phi) is 8.51. The number of hydrazone groups is 1. The molecule has 0 saturated heterocycles. The van der Waals surface area contributed by atoms with Gasteiger partial charge in [0.1, 0.15) is 24.0 Å². The van der Waals surface area contributed by atoms with Crippen LogP contribution < -0.4 is 14.9 Å². The van der Waals surface area contributed by atoms with E-state index in [4.69, 9.17) is 14.2 Å². The highest BCUT2D eigenvalue weighted by atomic mass is 16.5. The Labute approximate surface area is 192 Å². The summed E-state index contributed by atoms with van der Waals surface area (Å²) in [5.74, 6) is 0.238. The first kappa shape index (κ1) is 23.4. The number of nitriles is 1. The number of para-hydroxylation sites is 1. The number of rotatable bonds is 10. The summed E-state index contributed by atoms with van der Waals surface area (Å²) >= 11 is 0. The molecule has 8 heteroatoms. The van der Waals surface area contributed by atoms with Gasteiger partial charge in [-0.2, -0.15) is 10.4 Å². The lowest BCUT2D eigenvalue weighted by atomic mass is 10.1. The van der Waals surface area contributed by atoms with Crippen LogP contribution in [0, 0.1) is 18.3 Å². The number of pyridine rings is 1. The minimum atomic E-state index is -0.491. The minimum absolute atomic E-state index is 0.0864. The Morgan fingerprint density at radius 1 is 1.12 bits per heavy atom. The zero-order chi connectivity index (χ0) is 23.5. The zero-order valence-corrected chi connectivity index (χ0v) is 18.4. The van der Waals surface area contributed by atoms with E-state index in [0.29, 0.717) is 29.2 Å². The first-order valence-electron chi connectivity index (χ1n) is 10.2. The molecule has 0 unspecified atom stereocenters. The number of aryl methyl sites for hydroxylation is 1. The second-order valence-electron chi connectivity index (χ2n) is 7.04. The van der Waals surface area contributed by atoms with Crippen LogP contribution in [-0.4, -0.2) is 30.8 Å². The number of nitrogens with one attached hydrogen (secondary N) is 1. The lowest BCUT2D eigenvalue weighted by Crippen LogP contribution is -2.25. The predicted octanol–water partition coefficient (Wildman–Crippen LogP) is 3.52. The molecule has 0 radical (unpaired) electrons. The summed E-state index contributed by atoms with van der Waals surface area (Å²) in [6, 6.07) is 21.0. The van der Waals surface area contributed by atoms with Crippen LogP contribution in [0.2, 0.25) is 0 Å². The number of benzene rings is 2. The molecular formula is C25H24N4O4. The van der Waals surface area contributed by atoms with Crippen molar-refractivity contribution in [2.45, 2.75) is 20.1 Å². The van der Waals surface area contributed by atoms with Crippen LogP contribution in [0.5, 0.6) is 11.6 Å². The quantitative estimate of drug-likeness (QED) is 0.379. The van der Waals surface area contributed by atoms with Crippen molar-refractivity contribution in [1.82, 2.24) is 10.4 Å². The molecule has 0 atom stereocenters. The van der Waals surface area contributed by atoms with Crippen LogP contribution >= 0.6 is 0 Å². The van der Waals surface area contributed by atoms with Crippen molar-refractivity contribution in [3.05, 3.63) is 88.6 Å². The van der Waals surface area contributed by atoms with E-state index in [1.54, 1.807) is 13.0 Å². The number of hydrogen-bond acceptors (Lipinski definition) is 7. The summed E-state index contributed by atoms with van der Waals surface area (Å²) in [5.41, 5.74) is 5.71.